The maximum Gasteiger partial charge on any atom is 0.422 e. The highest BCUT2D eigenvalue weighted by atomic mass is 19.4. The molecule has 0 aliphatic heterocycles. The van der Waals surface area contributed by atoms with Gasteiger partial charge in [0.2, 0.25) is 0 Å². The Kier molecular flexibility index (Phi) is 3.35. The van der Waals surface area contributed by atoms with E-state index in [0.29, 0.717) is 5.69 Å². The van der Waals surface area contributed by atoms with Crippen LogP contribution in [0.4, 0.5) is 18.0 Å². The Labute approximate surface area is 83.4 Å². The van der Waals surface area contributed by atoms with E-state index in [1.807, 2.05) is 0 Å². The molecule has 1 aromatic heterocycles. The summed E-state index contributed by atoms with van der Waals surface area (Å²) in [5, 5.41) is 0. The first-order chi connectivity index (χ1) is 6.94. The third-order valence-corrected chi connectivity index (χ3v) is 1.60. The van der Waals surface area contributed by atoms with Gasteiger partial charge in [0.05, 0.1) is 0 Å². The van der Waals surface area contributed by atoms with Gasteiger partial charge in [-0.3, -0.25) is 4.57 Å². The van der Waals surface area contributed by atoms with E-state index in [2.05, 4.69) is 4.74 Å². The molecule has 0 fully saturated rings. The zero-order valence-corrected chi connectivity index (χ0v) is 7.62. The molecule has 1 rings (SSSR count). The Balaban J connectivity index is 2.62. The molecule has 0 amide bonds. The lowest BCUT2D eigenvalue weighted by atomic mass is 10.4. The number of carbonyl (C=O) groups excluding carboxylic acids is 1. The van der Waals surface area contributed by atoms with Crippen LogP contribution in [0, 0.1) is 0 Å². The summed E-state index contributed by atoms with van der Waals surface area (Å²) in [6.07, 6.45) is -4.31. The number of rotatable bonds is 2. The van der Waals surface area contributed by atoms with Crippen molar-refractivity contribution >= 4 is 6.09 Å². The molecule has 4 nitrogen and oxygen atoms in total. The molecule has 7 heteroatoms. The van der Waals surface area contributed by atoms with Crippen LogP contribution in [0.1, 0.15) is 5.69 Å². The third-order valence-electron chi connectivity index (χ3n) is 1.60. The van der Waals surface area contributed by atoms with Crippen LogP contribution in [-0.4, -0.2) is 23.4 Å². The SMILES string of the molecule is NCc1cccn1C(=O)OCC(F)(F)F. The van der Waals surface area contributed by atoms with Gasteiger partial charge in [0, 0.05) is 18.4 Å². The highest BCUT2D eigenvalue weighted by molar-refractivity contribution is 5.71. The summed E-state index contributed by atoms with van der Waals surface area (Å²) in [5.74, 6) is 0. The van der Waals surface area contributed by atoms with Gasteiger partial charge in [0.15, 0.2) is 6.61 Å². The lowest BCUT2D eigenvalue weighted by Crippen LogP contribution is -2.24. The maximum absolute atomic E-state index is 11.7. The highest BCUT2D eigenvalue weighted by Crippen LogP contribution is 2.15. The molecule has 0 saturated heterocycles. The molecule has 0 aromatic carbocycles. The maximum atomic E-state index is 11.7. The Morgan fingerprint density at radius 2 is 2.20 bits per heavy atom. The van der Waals surface area contributed by atoms with Crippen LogP contribution >= 0.6 is 0 Å². The van der Waals surface area contributed by atoms with E-state index in [4.69, 9.17) is 5.73 Å². The van der Waals surface area contributed by atoms with E-state index in [9.17, 15) is 18.0 Å². The average molecular weight is 222 g/mol. The van der Waals surface area contributed by atoms with Crippen molar-refractivity contribution in [1.29, 1.82) is 0 Å². The molecule has 0 aliphatic rings. The molecule has 0 unspecified atom stereocenters. The van der Waals surface area contributed by atoms with E-state index in [1.165, 1.54) is 18.3 Å². The van der Waals surface area contributed by atoms with Crippen molar-refractivity contribution in [2.75, 3.05) is 6.61 Å². The van der Waals surface area contributed by atoms with Crippen LogP contribution in [-0.2, 0) is 11.3 Å². The lowest BCUT2D eigenvalue weighted by molar-refractivity contribution is -0.160. The molecular weight excluding hydrogens is 213 g/mol. The number of nitrogens with zero attached hydrogens (tertiary/aromatic N) is 1. The smallest absolute Gasteiger partial charge is 0.422 e. The predicted molar refractivity (Wildman–Crippen MR) is 45.1 cm³/mol. The molecule has 2 N–H and O–H groups in total. The van der Waals surface area contributed by atoms with Crippen molar-refractivity contribution in [3.63, 3.8) is 0 Å². The summed E-state index contributed by atoms with van der Waals surface area (Å²) in [4.78, 5) is 11.1. The minimum absolute atomic E-state index is 0.0497. The zero-order valence-electron chi connectivity index (χ0n) is 7.62. The summed E-state index contributed by atoms with van der Waals surface area (Å²) in [6, 6.07) is 3.02. The van der Waals surface area contributed by atoms with E-state index in [1.54, 1.807) is 0 Å². The zero-order chi connectivity index (χ0) is 11.5. The van der Waals surface area contributed by atoms with Gasteiger partial charge < -0.3 is 10.5 Å². The van der Waals surface area contributed by atoms with Gasteiger partial charge in [-0.1, -0.05) is 0 Å². The van der Waals surface area contributed by atoms with Gasteiger partial charge in [-0.05, 0) is 12.1 Å². The number of halogens is 3. The van der Waals surface area contributed by atoms with Crippen molar-refractivity contribution in [2.24, 2.45) is 5.73 Å². The summed E-state index contributed by atoms with van der Waals surface area (Å²) < 4.78 is 40.2. The molecule has 0 aliphatic carbocycles. The monoisotopic (exact) mass is 222 g/mol. The number of hydrogen-bond acceptors (Lipinski definition) is 3. The fraction of sp³-hybridized carbons (Fsp3) is 0.375. The van der Waals surface area contributed by atoms with Gasteiger partial charge >= 0.3 is 12.3 Å². The van der Waals surface area contributed by atoms with Crippen LogP contribution in [0.3, 0.4) is 0 Å². The molecule has 0 bridgehead atoms. The van der Waals surface area contributed by atoms with Gasteiger partial charge in [-0.25, -0.2) is 4.79 Å². The minimum Gasteiger partial charge on any atom is -0.439 e. The first-order valence-corrected chi connectivity index (χ1v) is 4.04. The summed E-state index contributed by atoms with van der Waals surface area (Å²) in [6.45, 7) is -1.55. The molecule has 0 spiro atoms. The van der Waals surface area contributed by atoms with Crippen molar-refractivity contribution in [3.05, 3.63) is 24.0 Å². The fourth-order valence-electron chi connectivity index (χ4n) is 0.974. The Morgan fingerprint density at radius 3 is 2.73 bits per heavy atom. The molecule has 1 heterocycles. The predicted octanol–water partition coefficient (Wildman–Crippen LogP) is 1.49. The highest BCUT2D eigenvalue weighted by Gasteiger charge is 2.30. The van der Waals surface area contributed by atoms with E-state index >= 15 is 0 Å². The normalized spacial score (nSPS) is 11.5. The number of hydrogen-bond donors (Lipinski definition) is 1. The number of alkyl halides is 3. The topological polar surface area (TPSA) is 57.2 Å². The molecule has 0 saturated carbocycles. The Morgan fingerprint density at radius 1 is 1.53 bits per heavy atom. The molecular formula is C8H9F3N2O2. The van der Waals surface area contributed by atoms with Crippen LogP contribution < -0.4 is 5.73 Å². The second-order valence-electron chi connectivity index (χ2n) is 2.74. The number of ether oxygens (including phenoxy) is 1. The van der Waals surface area contributed by atoms with Gasteiger partial charge in [-0.2, -0.15) is 13.2 Å². The summed E-state index contributed by atoms with van der Waals surface area (Å²) >= 11 is 0. The quantitative estimate of drug-likeness (QED) is 0.824. The number of nitrogens with two attached hydrogens (primary N) is 1. The van der Waals surface area contributed by atoms with Crippen molar-refractivity contribution < 1.29 is 22.7 Å². The first-order valence-electron chi connectivity index (χ1n) is 4.04. The van der Waals surface area contributed by atoms with Gasteiger partial charge in [-0.15, -0.1) is 0 Å². The number of aromatic nitrogens is 1. The van der Waals surface area contributed by atoms with Crippen molar-refractivity contribution in [3.8, 4) is 0 Å². The van der Waals surface area contributed by atoms with E-state index in [0.717, 1.165) is 4.57 Å². The average Bonchev–Trinajstić information content (AvgIpc) is 2.60. The van der Waals surface area contributed by atoms with Crippen LogP contribution in [0.25, 0.3) is 0 Å². The summed E-state index contributed by atoms with van der Waals surface area (Å²) in [7, 11) is 0. The molecule has 0 radical (unpaired) electrons. The Hall–Kier alpha value is -1.50. The van der Waals surface area contributed by atoms with Crippen LogP contribution in [0.2, 0.25) is 0 Å². The lowest BCUT2D eigenvalue weighted by Gasteiger charge is -2.09. The second kappa shape index (κ2) is 4.35. The minimum atomic E-state index is -4.52. The number of carbonyl (C=O) groups is 1. The van der Waals surface area contributed by atoms with Crippen molar-refractivity contribution in [1.82, 2.24) is 4.57 Å². The molecule has 1 aromatic rings. The largest absolute Gasteiger partial charge is 0.439 e. The molecule has 15 heavy (non-hydrogen) atoms. The first kappa shape index (κ1) is 11.6. The molecule has 84 valence electrons. The summed E-state index contributed by atoms with van der Waals surface area (Å²) in [5.41, 5.74) is 5.65. The fourth-order valence-corrected chi connectivity index (χ4v) is 0.974. The van der Waals surface area contributed by atoms with Crippen LogP contribution in [0.5, 0.6) is 0 Å². The van der Waals surface area contributed by atoms with E-state index < -0.39 is 18.9 Å². The van der Waals surface area contributed by atoms with Crippen molar-refractivity contribution in [2.45, 2.75) is 12.7 Å². The Bertz CT molecular complexity index is 346. The van der Waals surface area contributed by atoms with E-state index in [-0.39, 0.29) is 6.54 Å². The second-order valence-corrected chi connectivity index (χ2v) is 2.74. The van der Waals surface area contributed by atoms with Crippen LogP contribution in [0.15, 0.2) is 18.3 Å². The molecule has 0 atom stereocenters. The third kappa shape index (κ3) is 3.28. The standard InChI is InChI=1S/C8H9F3N2O2/c9-8(10,11)5-15-7(14)13-3-1-2-6(13)4-12/h1-3H,4-5,12H2. The van der Waals surface area contributed by atoms with Gasteiger partial charge in [0.1, 0.15) is 0 Å². The van der Waals surface area contributed by atoms with Gasteiger partial charge in [0.25, 0.3) is 0 Å².